The van der Waals surface area contributed by atoms with Gasteiger partial charge in [-0.2, -0.15) is 5.10 Å². The molecule has 0 saturated heterocycles. The van der Waals surface area contributed by atoms with Gasteiger partial charge in [0.15, 0.2) is 23.1 Å². The fourth-order valence-corrected chi connectivity index (χ4v) is 4.18. The van der Waals surface area contributed by atoms with Crippen molar-refractivity contribution in [2.75, 3.05) is 12.4 Å². The number of pyridine rings is 1. The molecule has 11 heteroatoms. The summed E-state index contributed by atoms with van der Waals surface area (Å²) in [7, 11) is 1.25. The van der Waals surface area contributed by atoms with Gasteiger partial charge in [-0.05, 0) is 36.6 Å². The van der Waals surface area contributed by atoms with Gasteiger partial charge in [0.25, 0.3) is 11.5 Å². The van der Waals surface area contributed by atoms with E-state index in [2.05, 4.69) is 20.1 Å². The number of methoxy groups -OCH3 is 1. The van der Waals surface area contributed by atoms with Crippen molar-refractivity contribution >= 4 is 17.7 Å². The summed E-state index contributed by atoms with van der Waals surface area (Å²) in [5, 5.41) is 6.74. The maximum atomic E-state index is 13.9. The van der Waals surface area contributed by atoms with Crippen molar-refractivity contribution in [1.82, 2.24) is 14.8 Å². The molecule has 1 aliphatic rings. The predicted octanol–water partition coefficient (Wildman–Crippen LogP) is 4.26. The summed E-state index contributed by atoms with van der Waals surface area (Å²) in [6.07, 6.45) is 6.72. The fourth-order valence-electron chi connectivity index (χ4n) is 4.18. The highest BCUT2D eigenvalue weighted by atomic mass is 19.1. The third-order valence-corrected chi connectivity index (χ3v) is 6.00. The minimum Gasteiger partial charge on any atom is -0.465 e. The van der Waals surface area contributed by atoms with E-state index < -0.39 is 40.9 Å². The summed E-state index contributed by atoms with van der Waals surface area (Å²) >= 11 is 0. The molecule has 9 nitrogen and oxygen atoms in total. The van der Waals surface area contributed by atoms with Crippen LogP contribution in [0.25, 0.3) is 0 Å². The summed E-state index contributed by atoms with van der Waals surface area (Å²) in [5.74, 6) is -3.33. The van der Waals surface area contributed by atoms with Crippen LogP contribution in [0.15, 0.2) is 53.6 Å². The van der Waals surface area contributed by atoms with Crippen LogP contribution in [0, 0.1) is 17.6 Å². The number of amides is 1. The number of carbonyl (C=O) groups excluding carboxylic acids is 2. The minimum atomic E-state index is -0.957. The van der Waals surface area contributed by atoms with Gasteiger partial charge in [0.05, 0.1) is 18.9 Å². The van der Waals surface area contributed by atoms with Gasteiger partial charge in [0.2, 0.25) is 0 Å². The maximum absolute atomic E-state index is 13.9. The van der Waals surface area contributed by atoms with E-state index in [0.717, 1.165) is 54.8 Å². The van der Waals surface area contributed by atoms with Crippen LogP contribution in [-0.2, 0) is 9.53 Å². The predicted molar refractivity (Wildman–Crippen MR) is 125 cm³/mol. The molecule has 0 aliphatic heterocycles. The highest BCUT2D eigenvalue weighted by Gasteiger charge is 2.29. The average Bonchev–Trinajstić information content (AvgIpc) is 3.38. The van der Waals surface area contributed by atoms with Crippen molar-refractivity contribution in [2.45, 2.75) is 38.1 Å². The van der Waals surface area contributed by atoms with Gasteiger partial charge in [-0.25, -0.2) is 23.2 Å². The lowest BCUT2D eigenvalue weighted by molar-refractivity contribution is -0.120. The van der Waals surface area contributed by atoms with Crippen LogP contribution in [0.4, 0.5) is 14.6 Å². The van der Waals surface area contributed by atoms with Gasteiger partial charge in [0, 0.05) is 12.3 Å². The van der Waals surface area contributed by atoms with Gasteiger partial charge in [-0.1, -0.05) is 31.7 Å². The molecule has 0 bridgehead atoms. The SMILES string of the molecule is COC(=O)c1ccc(NC(=O)C(CC2CCCC2)n2ncc(Oc3c(F)cccc3F)cc2=O)nc1. The molecule has 36 heavy (non-hydrogen) atoms. The van der Waals surface area contributed by atoms with Crippen molar-refractivity contribution in [3.8, 4) is 11.5 Å². The Labute approximate surface area is 205 Å². The Morgan fingerprint density at radius 1 is 1.14 bits per heavy atom. The van der Waals surface area contributed by atoms with Crippen LogP contribution >= 0.6 is 0 Å². The minimum absolute atomic E-state index is 0.166. The fraction of sp³-hybridized carbons (Fsp3) is 0.320. The number of para-hydroxylation sites is 1. The number of ether oxygens (including phenoxy) is 2. The summed E-state index contributed by atoms with van der Waals surface area (Å²) < 4.78 is 38.7. The van der Waals surface area contributed by atoms with Gasteiger partial charge < -0.3 is 14.8 Å². The number of benzene rings is 1. The third kappa shape index (κ3) is 5.73. The molecule has 0 radical (unpaired) electrons. The van der Waals surface area contributed by atoms with E-state index in [1.54, 1.807) is 0 Å². The van der Waals surface area contributed by atoms with Crippen LogP contribution in [-0.4, -0.2) is 33.8 Å². The normalized spacial score (nSPS) is 14.3. The van der Waals surface area contributed by atoms with Crippen molar-refractivity contribution in [3.63, 3.8) is 0 Å². The highest BCUT2D eigenvalue weighted by Crippen LogP contribution is 2.32. The van der Waals surface area contributed by atoms with E-state index in [-0.39, 0.29) is 23.0 Å². The molecule has 1 saturated carbocycles. The Balaban J connectivity index is 1.57. The molecular weight excluding hydrogens is 474 g/mol. The van der Waals surface area contributed by atoms with E-state index in [0.29, 0.717) is 6.42 Å². The molecule has 4 rings (SSSR count). The number of nitrogens with one attached hydrogen (secondary N) is 1. The van der Waals surface area contributed by atoms with Crippen molar-refractivity contribution < 1.29 is 27.8 Å². The largest absolute Gasteiger partial charge is 0.465 e. The standard InChI is InChI=1S/C25H24F2N4O5/c1-35-25(34)16-9-10-21(28-13-16)30-24(33)20(11-15-5-2-3-6-15)31-22(32)12-17(14-29-31)36-23-18(26)7-4-8-19(23)27/h4,7-10,12-15,20H,2-3,5-6,11H2,1H3,(H,28,30,33). The summed E-state index contributed by atoms with van der Waals surface area (Å²) in [4.78, 5) is 41.8. The first kappa shape index (κ1) is 25.0. The average molecular weight is 498 g/mol. The van der Waals surface area contributed by atoms with E-state index in [9.17, 15) is 23.2 Å². The highest BCUT2D eigenvalue weighted by molar-refractivity contribution is 5.93. The van der Waals surface area contributed by atoms with E-state index in [4.69, 9.17) is 4.74 Å². The van der Waals surface area contributed by atoms with Crippen LogP contribution in [0.5, 0.6) is 11.5 Å². The Morgan fingerprint density at radius 2 is 1.86 bits per heavy atom. The van der Waals surface area contributed by atoms with E-state index in [1.165, 1.54) is 31.5 Å². The smallest absolute Gasteiger partial charge is 0.339 e. The molecule has 1 aliphatic carbocycles. The molecular formula is C25H24F2N4O5. The number of aromatic nitrogens is 3. The molecule has 1 amide bonds. The van der Waals surface area contributed by atoms with E-state index >= 15 is 0 Å². The number of nitrogens with zero attached hydrogens (tertiary/aromatic N) is 3. The number of hydrogen-bond acceptors (Lipinski definition) is 7. The molecule has 1 atom stereocenters. The maximum Gasteiger partial charge on any atom is 0.339 e. The van der Waals surface area contributed by atoms with Crippen LogP contribution in [0.3, 0.4) is 0 Å². The molecule has 2 aromatic heterocycles. The van der Waals surface area contributed by atoms with E-state index in [1.807, 2.05) is 0 Å². The molecule has 0 spiro atoms. The number of carbonyl (C=O) groups is 2. The van der Waals surface area contributed by atoms with Gasteiger partial charge >= 0.3 is 5.97 Å². The number of halogens is 2. The summed E-state index contributed by atoms with van der Waals surface area (Å²) in [6.45, 7) is 0. The second kappa shape index (κ2) is 11.1. The Hall–Kier alpha value is -4.15. The summed E-state index contributed by atoms with van der Waals surface area (Å²) in [5.41, 5.74) is -0.450. The quantitative estimate of drug-likeness (QED) is 0.462. The first-order chi connectivity index (χ1) is 17.4. The molecule has 1 fully saturated rings. The lowest BCUT2D eigenvalue weighted by Gasteiger charge is -2.21. The zero-order valence-corrected chi connectivity index (χ0v) is 19.4. The monoisotopic (exact) mass is 498 g/mol. The Bertz CT molecular complexity index is 1290. The van der Waals surface area contributed by atoms with Crippen LogP contribution in [0.2, 0.25) is 0 Å². The van der Waals surface area contributed by atoms with Gasteiger partial charge in [-0.3, -0.25) is 9.59 Å². The van der Waals surface area contributed by atoms with Crippen LogP contribution < -0.4 is 15.6 Å². The molecule has 2 heterocycles. The van der Waals surface area contributed by atoms with Crippen molar-refractivity contribution in [1.29, 1.82) is 0 Å². The second-order valence-corrected chi connectivity index (χ2v) is 8.44. The molecule has 1 N–H and O–H groups in total. The number of anilines is 1. The Morgan fingerprint density at radius 3 is 2.47 bits per heavy atom. The zero-order valence-electron chi connectivity index (χ0n) is 19.4. The van der Waals surface area contributed by atoms with Crippen LogP contribution in [0.1, 0.15) is 48.5 Å². The van der Waals surface area contributed by atoms with Crippen molar-refractivity contribution in [2.24, 2.45) is 5.92 Å². The zero-order chi connectivity index (χ0) is 25.7. The molecule has 3 aromatic rings. The molecule has 1 unspecified atom stereocenters. The number of rotatable bonds is 8. The molecule has 188 valence electrons. The molecule has 1 aromatic carbocycles. The van der Waals surface area contributed by atoms with Gasteiger partial charge in [0.1, 0.15) is 11.9 Å². The first-order valence-corrected chi connectivity index (χ1v) is 11.4. The lowest BCUT2D eigenvalue weighted by atomic mass is 9.98. The summed E-state index contributed by atoms with van der Waals surface area (Å²) in [6, 6.07) is 6.23. The van der Waals surface area contributed by atoms with Crippen molar-refractivity contribution in [3.05, 3.63) is 76.3 Å². The number of esters is 1. The third-order valence-electron chi connectivity index (χ3n) is 6.00. The van der Waals surface area contributed by atoms with Gasteiger partial charge in [-0.15, -0.1) is 0 Å². The Kier molecular flexibility index (Phi) is 7.67. The number of hydrogen-bond donors (Lipinski definition) is 1. The lowest BCUT2D eigenvalue weighted by Crippen LogP contribution is -2.36. The topological polar surface area (TPSA) is 112 Å². The first-order valence-electron chi connectivity index (χ1n) is 11.4. The second-order valence-electron chi connectivity index (χ2n) is 8.44.